The van der Waals surface area contributed by atoms with Crippen molar-refractivity contribution in [2.45, 2.75) is 25.8 Å². The molecule has 19 heavy (non-hydrogen) atoms. The number of rotatable bonds is 7. The zero-order valence-corrected chi connectivity index (χ0v) is 10.5. The van der Waals surface area contributed by atoms with E-state index in [4.69, 9.17) is 9.52 Å². The van der Waals surface area contributed by atoms with Crippen molar-refractivity contribution in [3.05, 3.63) is 24.2 Å². The van der Waals surface area contributed by atoms with Crippen LogP contribution in [0.1, 0.15) is 30.3 Å². The van der Waals surface area contributed by atoms with Crippen LogP contribution in [-0.2, 0) is 9.59 Å². The molecule has 1 aromatic heterocycles. The van der Waals surface area contributed by atoms with Gasteiger partial charge in [-0.3, -0.25) is 9.59 Å². The predicted octanol–water partition coefficient (Wildman–Crippen LogP) is 0.379. The standard InChI is InChI=1S/C12H16N2O5/c1-2-8(12(17)18)14-10(15)5-6-13-11(16)9-4-3-7-19-9/h3-4,7-8H,2,5-6H2,1H3,(H,13,16)(H,14,15)(H,17,18). The van der Waals surface area contributed by atoms with Gasteiger partial charge in [0, 0.05) is 13.0 Å². The van der Waals surface area contributed by atoms with Crippen molar-refractivity contribution in [1.82, 2.24) is 10.6 Å². The monoisotopic (exact) mass is 268 g/mol. The fourth-order valence-electron chi connectivity index (χ4n) is 1.39. The molecule has 3 N–H and O–H groups in total. The van der Waals surface area contributed by atoms with Gasteiger partial charge in [0.2, 0.25) is 5.91 Å². The van der Waals surface area contributed by atoms with Crippen molar-refractivity contribution in [2.24, 2.45) is 0 Å². The summed E-state index contributed by atoms with van der Waals surface area (Å²) < 4.78 is 4.88. The number of carbonyl (C=O) groups is 3. The zero-order chi connectivity index (χ0) is 14.3. The lowest BCUT2D eigenvalue weighted by Crippen LogP contribution is -2.41. The van der Waals surface area contributed by atoms with Crippen molar-refractivity contribution in [2.75, 3.05) is 6.54 Å². The molecule has 0 saturated heterocycles. The van der Waals surface area contributed by atoms with E-state index in [1.807, 2.05) is 0 Å². The third-order valence-electron chi connectivity index (χ3n) is 2.42. The van der Waals surface area contributed by atoms with Crippen LogP contribution in [0.15, 0.2) is 22.8 Å². The highest BCUT2D eigenvalue weighted by Gasteiger charge is 2.17. The van der Waals surface area contributed by atoms with Gasteiger partial charge < -0.3 is 20.2 Å². The van der Waals surface area contributed by atoms with Gasteiger partial charge in [0.15, 0.2) is 5.76 Å². The molecule has 0 aliphatic rings. The molecule has 0 spiro atoms. The third kappa shape index (κ3) is 4.82. The fraction of sp³-hybridized carbons (Fsp3) is 0.417. The molecule has 7 nitrogen and oxygen atoms in total. The summed E-state index contributed by atoms with van der Waals surface area (Å²) in [7, 11) is 0. The molecule has 1 aromatic rings. The molecule has 0 saturated carbocycles. The molecule has 0 aromatic carbocycles. The Balaban J connectivity index is 2.27. The molecule has 104 valence electrons. The van der Waals surface area contributed by atoms with E-state index >= 15 is 0 Å². The first-order valence-electron chi connectivity index (χ1n) is 5.88. The van der Waals surface area contributed by atoms with Crippen LogP contribution in [0.3, 0.4) is 0 Å². The zero-order valence-electron chi connectivity index (χ0n) is 10.5. The fourth-order valence-corrected chi connectivity index (χ4v) is 1.39. The number of aliphatic carboxylic acids is 1. The van der Waals surface area contributed by atoms with Crippen molar-refractivity contribution in [3.63, 3.8) is 0 Å². The van der Waals surface area contributed by atoms with E-state index in [0.29, 0.717) is 6.42 Å². The van der Waals surface area contributed by atoms with Crippen molar-refractivity contribution < 1.29 is 23.9 Å². The quantitative estimate of drug-likeness (QED) is 0.662. The van der Waals surface area contributed by atoms with Crippen LogP contribution < -0.4 is 10.6 Å². The summed E-state index contributed by atoms with van der Waals surface area (Å²) in [4.78, 5) is 33.6. The van der Waals surface area contributed by atoms with Gasteiger partial charge in [-0.1, -0.05) is 6.92 Å². The minimum absolute atomic E-state index is 0.0101. The maximum atomic E-state index is 11.4. The predicted molar refractivity (Wildman–Crippen MR) is 65.5 cm³/mol. The number of amides is 2. The highest BCUT2D eigenvalue weighted by molar-refractivity contribution is 5.91. The van der Waals surface area contributed by atoms with Crippen LogP contribution in [0.5, 0.6) is 0 Å². The number of hydrogen-bond donors (Lipinski definition) is 3. The number of carboxylic acids is 1. The average Bonchev–Trinajstić information content (AvgIpc) is 2.89. The molecular formula is C12H16N2O5. The average molecular weight is 268 g/mol. The van der Waals surface area contributed by atoms with Crippen LogP contribution in [0, 0.1) is 0 Å². The minimum atomic E-state index is -1.07. The van der Waals surface area contributed by atoms with Crippen LogP contribution in [0.25, 0.3) is 0 Å². The first-order chi connectivity index (χ1) is 9.04. The SMILES string of the molecule is CCC(NC(=O)CCNC(=O)c1ccco1)C(=O)O. The summed E-state index contributed by atoms with van der Waals surface area (Å²) in [5.41, 5.74) is 0. The number of carboxylic acid groups (broad SMARTS) is 1. The van der Waals surface area contributed by atoms with E-state index < -0.39 is 23.8 Å². The van der Waals surface area contributed by atoms with Gasteiger partial charge in [-0.25, -0.2) is 4.79 Å². The topological polar surface area (TPSA) is 109 Å². The van der Waals surface area contributed by atoms with Gasteiger partial charge in [0.25, 0.3) is 5.91 Å². The molecule has 2 amide bonds. The van der Waals surface area contributed by atoms with Gasteiger partial charge in [0.05, 0.1) is 6.26 Å². The maximum Gasteiger partial charge on any atom is 0.326 e. The third-order valence-corrected chi connectivity index (χ3v) is 2.42. The van der Waals surface area contributed by atoms with E-state index in [1.54, 1.807) is 13.0 Å². The van der Waals surface area contributed by atoms with Crippen LogP contribution in [0.2, 0.25) is 0 Å². The number of nitrogens with one attached hydrogen (secondary N) is 2. The lowest BCUT2D eigenvalue weighted by molar-refractivity contribution is -0.141. The second kappa shape index (κ2) is 7.20. The molecule has 1 atom stereocenters. The van der Waals surface area contributed by atoms with E-state index in [9.17, 15) is 14.4 Å². The second-order valence-corrected chi connectivity index (χ2v) is 3.85. The number of hydrogen-bond acceptors (Lipinski definition) is 4. The van der Waals surface area contributed by atoms with E-state index in [1.165, 1.54) is 12.3 Å². The molecule has 1 rings (SSSR count). The Bertz CT molecular complexity index is 441. The molecule has 0 aliphatic carbocycles. The lowest BCUT2D eigenvalue weighted by atomic mass is 10.2. The molecule has 0 aliphatic heterocycles. The Morgan fingerprint density at radius 2 is 2.16 bits per heavy atom. The number of furan rings is 1. The molecule has 0 radical (unpaired) electrons. The van der Waals surface area contributed by atoms with Crippen molar-refractivity contribution in [3.8, 4) is 0 Å². The minimum Gasteiger partial charge on any atom is -0.480 e. The largest absolute Gasteiger partial charge is 0.480 e. The first kappa shape index (κ1) is 14.7. The molecule has 0 bridgehead atoms. The molecular weight excluding hydrogens is 252 g/mol. The summed E-state index contributed by atoms with van der Waals surface area (Å²) in [6.45, 7) is 1.78. The summed E-state index contributed by atoms with van der Waals surface area (Å²) >= 11 is 0. The van der Waals surface area contributed by atoms with Crippen molar-refractivity contribution in [1.29, 1.82) is 0 Å². The Labute approximate surface area is 110 Å². The number of carbonyl (C=O) groups excluding carboxylic acids is 2. The van der Waals surface area contributed by atoms with Gasteiger partial charge >= 0.3 is 5.97 Å². The normalized spacial score (nSPS) is 11.6. The lowest BCUT2D eigenvalue weighted by Gasteiger charge is -2.12. The Kier molecular flexibility index (Phi) is 5.59. The van der Waals surface area contributed by atoms with E-state index in [-0.39, 0.29) is 18.7 Å². The van der Waals surface area contributed by atoms with E-state index in [2.05, 4.69) is 10.6 Å². The Hall–Kier alpha value is -2.31. The van der Waals surface area contributed by atoms with Gasteiger partial charge in [0.1, 0.15) is 6.04 Å². The van der Waals surface area contributed by atoms with Crippen LogP contribution in [0.4, 0.5) is 0 Å². The Morgan fingerprint density at radius 3 is 2.68 bits per heavy atom. The van der Waals surface area contributed by atoms with Gasteiger partial charge in [-0.15, -0.1) is 0 Å². The molecule has 1 heterocycles. The van der Waals surface area contributed by atoms with Gasteiger partial charge in [-0.05, 0) is 18.6 Å². The highest BCUT2D eigenvalue weighted by atomic mass is 16.4. The second-order valence-electron chi connectivity index (χ2n) is 3.85. The summed E-state index contributed by atoms with van der Waals surface area (Å²) in [6.07, 6.45) is 1.69. The smallest absolute Gasteiger partial charge is 0.326 e. The summed E-state index contributed by atoms with van der Waals surface area (Å²) in [5.74, 6) is -1.75. The molecule has 1 unspecified atom stereocenters. The van der Waals surface area contributed by atoms with Crippen LogP contribution >= 0.6 is 0 Å². The Morgan fingerprint density at radius 1 is 1.42 bits per heavy atom. The summed E-state index contributed by atoms with van der Waals surface area (Å²) in [6, 6.07) is 2.20. The first-order valence-corrected chi connectivity index (χ1v) is 5.88. The van der Waals surface area contributed by atoms with E-state index in [0.717, 1.165) is 0 Å². The van der Waals surface area contributed by atoms with Gasteiger partial charge in [-0.2, -0.15) is 0 Å². The van der Waals surface area contributed by atoms with Crippen LogP contribution in [-0.4, -0.2) is 35.5 Å². The molecule has 7 heteroatoms. The van der Waals surface area contributed by atoms with Crippen molar-refractivity contribution >= 4 is 17.8 Å². The summed E-state index contributed by atoms with van der Waals surface area (Å²) in [5, 5.41) is 13.6. The highest BCUT2D eigenvalue weighted by Crippen LogP contribution is 1.99. The molecule has 0 fully saturated rings. The maximum absolute atomic E-state index is 11.4.